The molecular formula is C12H16O. The van der Waals surface area contributed by atoms with Gasteiger partial charge in [0.1, 0.15) is 0 Å². The maximum atomic E-state index is 8.79. The summed E-state index contributed by atoms with van der Waals surface area (Å²) in [6.45, 7) is 7.79. The van der Waals surface area contributed by atoms with Crippen molar-refractivity contribution in [1.29, 1.82) is 0 Å². The number of hydrogen-bond donors (Lipinski definition) is 1. The Kier molecular flexibility index (Phi) is 5.72. The molecule has 0 rings (SSSR count). The van der Waals surface area contributed by atoms with E-state index in [-0.39, 0.29) is 6.61 Å². The van der Waals surface area contributed by atoms with Gasteiger partial charge < -0.3 is 5.11 Å². The second-order valence-corrected chi connectivity index (χ2v) is 3.12. The first-order valence-electron chi connectivity index (χ1n) is 4.25. The van der Waals surface area contributed by atoms with Crippen LogP contribution in [0.1, 0.15) is 27.7 Å². The van der Waals surface area contributed by atoms with Gasteiger partial charge in [-0.15, -0.1) is 5.73 Å². The van der Waals surface area contributed by atoms with Gasteiger partial charge in [0.15, 0.2) is 0 Å². The van der Waals surface area contributed by atoms with E-state index in [1.54, 1.807) is 6.08 Å². The minimum Gasteiger partial charge on any atom is -0.392 e. The first-order valence-corrected chi connectivity index (χ1v) is 4.25. The lowest BCUT2D eigenvalue weighted by Crippen LogP contribution is -1.87. The van der Waals surface area contributed by atoms with Gasteiger partial charge in [0.2, 0.25) is 0 Å². The molecular weight excluding hydrogens is 160 g/mol. The van der Waals surface area contributed by atoms with Crippen LogP contribution < -0.4 is 0 Å². The molecule has 0 saturated heterocycles. The molecule has 0 aliphatic carbocycles. The van der Waals surface area contributed by atoms with E-state index in [1.165, 1.54) is 0 Å². The molecule has 0 radical (unpaired) electrons. The third-order valence-electron chi connectivity index (χ3n) is 1.57. The minimum atomic E-state index is 0.0763. The van der Waals surface area contributed by atoms with E-state index in [2.05, 4.69) is 17.6 Å². The van der Waals surface area contributed by atoms with Crippen LogP contribution in [-0.2, 0) is 0 Å². The van der Waals surface area contributed by atoms with E-state index in [4.69, 9.17) is 5.11 Å². The Morgan fingerprint density at radius 3 is 2.31 bits per heavy atom. The van der Waals surface area contributed by atoms with Crippen LogP contribution >= 0.6 is 0 Å². The van der Waals surface area contributed by atoms with Crippen LogP contribution in [0.15, 0.2) is 28.5 Å². The fourth-order valence-corrected chi connectivity index (χ4v) is 0.550. The molecule has 1 heteroatoms. The Labute approximate surface area is 80.5 Å². The Morgan fingerprint density at radius 2 is 1.85 bits per heavy atom. The molecule has 13 heavy (non-hydrogen) atoms. The molecule has 0 aromatic carbocycles. The highest BCUT2D eigenvalue weighted by atomic mass is 16.3. The van der Waals surface area contributed by atoms with Crippen LogP contribution in [0.4, 0.5) is 0 Å². The van der Waals surface area contributed by atoms with Crippen LogP contribution in [0.3, 0.4) is 0 Å². The molecule has 70 valence electrons. The van der Waals surface area contributed by atoms with Crippen molar-refractivity contribution in [3.05, 3.63) is 28.5 Å². The lowest BCUT2D eigenvalue weighted by molar-refractivity contribution is 0.330. The van der Waals surface area contributed by atoms with Crippen LogP contribution in [0.5, 0.6) is 0 Å². The van der Waals surface area contributed by atoms with Crippen molar-refractivity contribution in [1.82, 2.24) is 0 Å². The first kappa shape index (κ1) is 11.8. The summed E-state index contributed by atoms with van der Waals surface area (Å²) in [5.74, 6) is 5.78. The minimum absolute atomic E-state index is 0.0763. The summed E-state index contributed by atoms with van der Waals surface area (Å²) in [5.41, 5.74) is 5.94. The molecule has 0 atom stereocenters. The van der Waals surface area contributed by atoms with Crippen LogP contribution in [-0.4, -0.2) is 11.7 Å². The molecule has 0 heterocycles. The highest BCUT2D eigenvalue weighted by Crippen LogP contribution is 1.99. The van der Waals surface area contributed by atoms with E-state index in [9.17, 15) is 0 Å². The maximum absolute atomic E-state index is 8.79. The van der Waals surface area contributed by atoms with Gasteiger partial charge in [0, 0.05) is 11.6 Å². The van der Waals surface area contributed by atoms with Crippen molar-refractivity contribution in [2.75, 3.05) is 6.61 Å². The predicted octanol–water partition coefficient (Wildman–Crippen LogP) is 2.44. The highest BCUT2D eigenvalue weighted by Gasteiger charge is 1.88. The Hall–Kier alpha value is -1.22. The Morgan fingerprint density at radius 1 is 1.23 bits per heavy atom. The van der Waals surface area contributed by atoms with Crippen molar-refractivity contribution < 1.29 is 5.11 Å². The van der Waals surface area contributed by atoms with Crippen molar-refractivity contribution in [2.45, 2.75) is 27.7 Å². The van der Waals surface area contributed by atoms with Crippen molar-refractivity contribution in [3.8, 4) is 11.8 Å². The van der Waals surface area contributed by atoms with E-state index in [0.29, 0.717) is 0 Å². The second-order valence-electron chi connectivity index (χ2n) is 3.12. The van der Waals surface area contributed by atoms with Gasteiger partial charge in [-0.1, -0.05) is 11.8 Å². The molecule has 0 bridgehead atoms. The average Bonchev–Trinajstić information content (AvgIpc) is 2.10. The van der Waals surface area contributed by atoms with Gasteiger partial charge in [0.05, 0.1) is 6.61 Å². The zero-order valence-electron chi connectivity index (χ0n) is 8.73. The zero-order chi connectivity index (χ0) is 10.3. The average molecular weight is 176 g/mol. The quantitative estimate of drug-likeness (QED) is 0.480. The first-order chi connectivity index (χ1) is 6.07. The molecule has 0 spiro atoms. The van der Waals surface area contributed by atoms with Crippen LogP contribution in [0, 0.1) is 11.8 Å². The number of hydrogen-bond acceptors (Lipinski definition) is 1. The number of aliphatic hydroxyl groups excluding tert-OH is 1. The number of allylic oxidation sites excluding steroid dienone is 2. The molecule has 1 nitrogen and oxygen atoms in total. The summed E-state index contributed by atoms with van der Waals surface area (Å²) in [6, 6.07) is 0. The summed E-state index contributed by atoms with van der Waals surface area (Å²) in [5, 5.41) is 8.79. The molecule has 0 amide bonds. The normalized spacial score (nSPS) is 10.5. The molecule has 0 aliphatic rings. The molecule has 0 unspecified atom stereocenters. The topological polar surface area (TPSA) is 20.2 Å². The van der Waals surface area contributed by atoms with E-state index in [0.717, 1.165) is 16.7 Å². The monoisotopic (exact) mass is 176 g/mol. The lowest BCUT2D eigenvalue weighted by atomic mass is 10.2. The van der Waals surface area contributed by atoms with Gasteiger partial charge in [-0.3, -0.25) is 0 Å². The maximum Gasteiger partial charge on any atom is 0.0650 e. The predicted molar refractivity (Wildman–Crippen MR) is 56.2 cm³/mol. The van der Waals surface area contributed by atoms with Gasteiger partial charge in [-0.05, 0) is 38.8 Å². The summed E-state index contributed by atoms with van der Waals surface area (Å²) in [4.78, 5) is 0. The van der Waals surface area contributed by atoms with Gasteiger partial charge in [0.25, 0.3) is 0 Å². The summed E-state index contributed by atoms with van der Waals surface area (Å²) in [6.07, 6.45) is 1.70. The van der Waals surface area contributed by atoms with Gasteiger partial charge >= 0.3 is 0 Å². The second kappa shape index (κ2) is 6.31. The third-order valence-corrected chi connectivity index (χ3v) is 1.57. The summed E-state index contributed by atoms with van der Waals surface area (Å²) in [7, 11) is 0. The highest BCUT2D eigenvalue weighted by molar-refractivity contribution is 5.34. The van der Waals surface area contributed by atoms with E-state index in [1.807, 2.05) is 27.7 Å². The number of rotatable bonds is 1. The van der Waals surface area contributed by atoms with Crippen molar-refractivity contribution >= 4 is 0 Å². The molecule has 0 aromatic rings. The molecule has 0 aliphatic heterocycles. The molecule has 0 fully saturated rings. The van der Waals surface area contributed by atoms with Crippen LogP contribution in [0.2, 0.25) is 0 Å². The molecule has 0 saturated carbocycles. The zero-order valence-corrected chi connectivity index (χ0v) is 8.73. The SMILES string of the molecule is CC(C)=C=CC#C/C(C)=C(/C)CO. The summed E-state index contributed by atoms with van der Waals surface area (Å²) >= 11 is 0. The lowest BCUT2D eigenvalue weighted by Gasteiger charge is -1.94. The van der Waals surface area contributed by atoms with Crippen molar-refractivity contribution in [3.63, 3.8) is 0 Å². The largest absolute Gasteiger partial charge is 0.392 e. The van der Waals surface area contributed by atoms with Gasteiger partial charge in [-0.2, -0.15) is 0 Å². The Balaban J connectivity index is 4.54. The molecule has 1 N–H and O–H groups in total. The van der Waals surface area contributed by atoms with E-state index < -0.39 is 0 Å². The Bertz CT molecular complexity index is 311. The van der Waals surface area contributed by atoms with Crippen LogP contribution in [0.25, 0.3) is 0 Å². The molecule has 0 aromatic heterocycles. The van der Waals surface area contributed by atoms with Gasteiger partial charge in [-0.25, -0.2) is 0 Å². The third kappa shape index (κ3) is 5.99. The smallest absolute Gasteiger partial charge is 0.0650 e. The standard InChI is InChI=1S/C12H16O/c1-10(2)7-5-6-8-11(3)12(4)9-13/h5,13H,9H2,1-4H3/b12-11-. The van der Waals surface area contributed by atoms with E-state index >= 15 is 0 Å². The number of aliphatic hydroxyl groups is 1. The fourth-order valence-electron chi connectivity index (χ4n) is 0.550. The van der Waals surface area contributed by atoms with Crippen molar-refractivity contribution in [2.24, 2.45) is 0 Å². The fraction of sp³-hybridized carbons (Fsp3) is 0.417. The summed E-state index contributed by atoms with van der Waals surface area (Å²) < 4.78 is 0.